The lowest BCUT2D eigenvalue weighted by molar-refractivity contribution is 0.912. The van der Waals surface area contributed by atoms with Gasteiger partial charge in [0.25, 0.3) is 5.78 Å². The predicted molar refractivity (Wildman–Crippen MR) is 70.3 cm³/mol. The summed E-state index contributed by atoms with van der Waals surface area (Å²) in [6.07, 6.45) is 1.46. The molecule has 0 N–H and O–H groups in total. The topological polar surface area (TPSA) is 46.3 Å². The molecular weight excluding hydrogens is 250 g/mol. The smallest absolute Gasteiger partial charge is 0.255 e. The number of para-hydroxylation sites is 1. The van der Waals surface area contributed by atoms with Crippen molar-refractivity contribution in [1.29, 1.82) is 0 Å². The van der Waals surface area contributed by atoms with Crippen LogP contribution in [0.4, 0.5) is 11.5 Å². The van der Waals surface area contributed by atoms with Crippen LogP contribution in [-0.4, -0.2) is 26.6 Å². The summed E-state index contributed by atoms with van der Waals surface area (Å²) in [5, 5.41) is 4.55. The monoisotopic (exact) mass is 259 g/mol. The molecule has 0 aliphatic rings. The standard InChI is InChI=1S/C12H10ClN5/c1-17(9-5-3-2-4-6-9)11-7-10(13)16-12-14-8-15-18(11)12/h2-8H,1H3. The molecular formula is C12H10ClN5. The SMILES string of the molecule is CN(c1ccccc1)c1cc(Cl)nc2ncnn12. The molecule has 0 amide bonds. The molecule has 0 bridgehead atoms. The van der Waals surface area contributed by atoms with Gasteiger partial charge in [-0.15, -0.1) is 0 Å². The van der Waals surface area contributed by atoms with Gasteiger partial charge in [0.2, 0.25) is 0 Å². The van der Waals surface area contributed by atoms with Crippen LogP contribution >= 0.6 is 11.6 Å². The molecule has 1 aromatic carbocycles. The van der Waals surface area contributed by atoms with Gasteiger partial charge in [-0.1, -0.05) is 29.8 Å². The third kappa shape index (κ3) is 1.78. The van der Waals surface area contributed by atoms with Crippen LogP contribution in [0.15, 0.2) is 42.7 Å². The van der Waals surface area contributed by atoms with E-state index in [0.29, 0.717) is 10.9 Å². The van der Waals surface area contributed by atoms with Crippen LogP contribution in [0.2, 0.25) is 5.15 Å². The Morgan fingerprint density at radius 3 is 2.78 bits per heavy atom. The Hall–Kier alpha value is -2.14. The fourth-order valence-electron chi connectivity index (χ4n) is 1.79. The number of hydrogen-bond donors (Lipinski definition) is 0. The number of benzene rings is 1. The highest BCUT2D eigenvalue weighted by atomic mass is 35.5. The molecule has 0 radical (unpaired) electrons. The first-order chi connectivity index (χ1) is 8.75. The van der Waals surface area contributed by atoms with Crippen molar-refractivity contribution in [2.24, 2.45) is 0 Å². The summed E-state index contributed by atoms with van der Waals surface area (Å²) in [6, 6.07) is 11.7. The Labute approximate surface area is 109 Å². The van der Waals surface area contributed by atoms with E-state index in [9.17, 15) is 0 Å². The van der Waals surface area contributed by atoms with Crippen molar-refractivity contribution in [2.75, 3.05) is 11.9 Å². The Morgan fingerprint density at radius 1 is 1.22 bits per heavy atom. The minimum absolute atomic E-state index is 0.397. The van der Waals surface area contributed by atoms with Crippen molar-refractivity contribution < 1.29 is 0 Å². The van der Waals surface area contributed by atoms with Gasteiger partial charge in [0.15, 0.2) is 0 Å². The average Bonchev–Trinajstić information content (AvgIpc) is 2.86. The first kappa shape index (κ1) is 11.0. The number of aromatic nitrogens is 4. The molecule has 0 saturated carbocycles. The Kier molecular flexibility index (Phi) is 2.60. The molecule has 0 fully saturated rings. The number of fused-ring (bicyclic) bond motifs is 1. The Bertz CT molecular complexity index is 679. The van der Waals surface area contributed by atoms with Gasteiger partial charge in [0.1, 0.15) is 17.3 Å². The number of nitrogens with zero attached hydrogens (tertiary/aromatic N) is 5. The van der Waals surface area contributed by atoms with Gasteiger partial charge >= 0.3 is 0 Å². The molecule has 18 heavy (non-hydrogen) atoms. The van der Waals surface area contributed by atoms with Crippen molar-refractivity contribution in [2.45, 2.75) is 0 Å². The molecule has 2 heterocycles. The zero-order valence-electron chi connectivity index (χ0n) is 9.66. The molecule has 0 unspecified atom stereocenters. The fraction of sp³-hybridized carbons (Fsp3) is 0.0833. The fourth-order valence-corrected chi connectivity index (χ4v) is 1.96. The average molecular weight is 260 g/mol. The van der Waals surface area contributed by atoms with E-state index in [0.717, 1.165) is 11.5 Å². The Balaban J connectivity index is 2.17. The molecule has 5 nitrogen and oxygen atoms in total. The van der Waals surface area contributed by atoms with Gasteiger partial charge in [-0.05, 0) is 12.1 Å². The third-order valence-corrected chi connectivity index (χ3v) is 2.88. The van der Waals surface area contributed by atoms with Crippen LogP contribution in [-0.2, 0) is 0 Å². The van der Waals surface area contributed by atoms with Crippen molar-refractivity contribution in [3.63, 3.8) is 0 Å². The van der Waals surface area contributed by atoms with E-state index >= 15 is 0 Å². The van der Waals surface area contributed by atoms with Gasteiger partial charge in [-0.3, -0.25) is 0 Å². The van der Waals surface area contributed by atoms with Crippen LogP contribution in [0.3, 0.4) is 0 Å². The second-order valence-corrected chi connectivity index (χ2v) is 4.19. The molecule has 3 rings (SSSR count). The quantitative estimate of drug-likeness (QED) is 0.664. The molecule has 3 aromatic rings. The molecule has 0 spiro atoms. The van der Waals surface area contributed by atoms with Crippen molar-refractivity contribution in [1.82, 2.24) is 19.6 Å². The first-order valence-corrected chi connectivity index (χ1v) is 5.78. The van der Waals surface area contributed by atoms with Gasteiger partial charge in [0, 0.05) is 18.8 Å². The molecule has 0 aliphatic heterocycles. The normalized spacial score (nSPS) is 10.8. The van der Waals surface area contributed by atoms with E-state index < -0.39 is 0 Å². The highest BCUT2D eigenvalue weighted by molar-refractivity contribution is 6.29. The van der Waals surface area contributed by atoms with Gasteiger partial charge in [0.05, 0.1) is 0 Å². The summed E-state index contributed by atoms with van der Waals surface area (Å²) in [7, 11) is 1.95. The third-order valence-electron chi connectivity index (χ3n) is 2.69. The highest BCUT2D eigenvalue weighted by Crippen LogP contribution is 2.24. The predicted octanol–water partition coefficient (Wildman–Crippen LogP) is 2.55. The van der Waals surface area contributed by atoms with Crippen molar-refractivity contribution >= 4 is 28.9 Å². The van der Waals surface area contributed by atoms with Crippen LogP contribution in [0.1, 0.15) is 0 Å². The molecule has 90 valence electrons. The minimum atomic E-state index is 0.397. The van der Waals surface area contributed by atoms with E-state index in [2.05, 4.69) is 15.1 Å². The lowest BCUT2D eigenvalue weighted by Crippen LogP contribution is -2.14. The van der Waals surface area contributed by atoms with Crippen molar-refractivity contribution in [3.8, 4) is 0 Å². The number of anilines is 2. The van der Waals surface area contributed by atoms with E-state index in [1.54, 1.807) is 10.6 Å². The molecule has 6 heteroatoms. The highest BCUT2D eigenvalue weighted by Gasteiger charge is 2.11. The second kappa shape index (κ2) is 4.27. The van der Waals surface area contributed by atoms with E-state index in [-0.39, 0.29) is 0 Å². The molecule has 0 aliphatic carbocycles. The summed E-state index contributed by atoms with van der Waals surface area (Å²) in [6.45, 7) is 0. The lowest BCUT2D eigenvalue weighted by Gasteiger charge is -2.19. The maximum atomic E-state index is 5.99. The summed E-state index contributed by atoms with van der Waals surface area (Å²) in [5.74, 6) is 1.30. The van der Waals surface area contributed by atoms with E-state index in [1.807, 2.05) is 42.3 Å². The maximum Gasteiger partial charge on any atom is 0.255 e. The summed E-state index contributed by atoms with van der Waals surface area (Å²) in [5.41, 5.74) is 1.04. The summed E-state index contributed by atoms with van der Waals surface area (Å²) >= 11 is 5.99. The Morgan fingerprint density at radius 2 is 2.00 bits per heavy atom. The number of hydrogen-bond acceptors (Lipinski definition) is 4. The lowest BCUT2D eigenvalue weighted by atomic mass is 10.3. The van der Waals surface area contributed by atoms with Gasteiger partial charge < -0.3 is 4.90 Å². The number of halogens is 1. The second-order valence-electron chi connectivity index (χ2n) is 3.80. The molecule has 0 atom stereocenters. The van der Waals surface area contributed by atoms with Crippen molar-refractivity contribution in [3.05, 3.63) is 47.9 Å². The molecule has 0 saturated heterocycles. The summed E-state index contributed by atoms with van der Waals surface area (Å²) in [4.78, 5) is 10.1. The van der Waals surface area contributed by atoms with E-state index in [1.165, 1.54) is 6.33 Å². The summed E-state index contributed by atoms with van der Waals surface area (Å²) < 4.78 is 1.65. The van der Waals surface area contributed by atoms with Crippen LogP contribution in [0.25, 0.3) is 5.78 Å². The minimum Gasteiger partial charge on any atom is -0.329 e. The van der Waals surface area contributed by atoms with Crippen LogP contribution in [0.5, 0.6) is 0 Å². The van der Waals surface area contributed by atoms with E-state index in [4.69, 9.17) is 11.6 Å². The zero-order chi connectivity index (χ0) is 12.5. The van der Waals surface area contributed by atoms with Crippen LogP contribution in [0, 0.1) is 0 Å². The van der Waals surface area contributed by atoms with Gasteiger partial charge in [-0.25, -0.2) is 0 Å². The van der Waals surface area contributed by atoms with Crippen LogP contribution < -0.4 is 4.90 Å². The first-order valence-electron chi connectivity index (χ1n) is 5.41. The zero-order valence-corrected chi connectivity index (χ0v) is 10.4. The number of rotatable bonds is 2. The maximum absolute atomic E-state index is 5.99. The van der Waals surface area contributed by atoms with Gasteiger partial charge in [-0.2, -0.15) is 19.6 Å². The molecule has 2 aromatic heterocycles. The largest absolute Gasteiger partial charge is 0.329 e.